The van der Waals surface area contributed by atoms with Gasteiger partial charge in [0.15, 0.2) is 0 Å². The molecule has 6 aromatic rings. The standard InChI is InChI=1S/C24H16NO.C14H14N.Ir/c1-16-13-14-21(25-15-16)20-10-6-12-23-24(20)19-9-3-2-7-17(19)18-8-4-5-11-22(18)26-23;1-10-4-6-13(7-5-10)14-8-11(2)12(3)9-15-14;/h2-9,11-15H,1H3;4-6,8-9H,1-3H3;/q2*-1;/i1D3;1D3,2D3,3D3;. The molecule has 0 amide bonds. The molecule has 209 valence electrons. The van der Waals surface area contributed by atoms with Crippen molar-refractivity contribution in [3.63, 3.8) is 0 Å². The number of pyridine rings is 2. The fraction of sp³-hybridized carbons (Fsp3) is 0.105. The Morgan fingerprint density at radius 1 is 0.643 bits per heavy atom. The summed E-state index contributed by atoms with van der Waals surface area (Å²) in [6, 6.07) is 34.5. The van der Waals surface area contributed by atoms with E-state index >= 15 is 0 Å². The predicted octanol–water partition coefficient (Wildman–Crippen LogP) is 9.77. The van der Waals surface area contributed by atoms with Crippen LogP contribution in [0, 0.1) is 39.5 Å². The molecule has 7 rings (SSSR count). The van der Waals surface area contributed by atoms with Gasteiger partial charge >= 0.3 is 0 Å². The number of hydrogen-bond acceptors (Lipinski definition) is 3. The molecule has 1 aliphatic rings. The van der Waals surface area contributed by atoms with Crippen molar-refractivity contribution in [2.75, 3.05) is 0 Å². The van der Waals surface area contributed by atoms with Gasteiger partial charge in [0.05, 0.1) is 5.75 Å². The van der Waals surface area contributed by atoms with Gasteiger partial charge in [0.2, 0.25) is 0 Å². The Labute approximate surface area is 278 Å². The number of nitrogens with zero attached hydrogens (tertiary/aromatic N) is 2. The van der Waals surface area contributed by atoms with Gasteiger partial charge in [-0.1, -0.05) is 84.7 Å². The van der Waals surface area contributed by atoms with Gasteiger partial charge in [0, 0.05) is 54.5 Å². The van der Waals surface area contributed by atoms with Crippen LogP contribution in [0.1, 0.15) is 38.7 Å². The second-order valence-electron chi connectivity index (χ2n) is 9.27. The van der Waals surface area contributed by atoms with Crippen molar-refractivity contribution in [2.45, 2.75) is 27.4 Å². The summed E-state index contributed by atoms with van der Waals surface area (Å²) in [5.41, 5.74) is 5.72. The minimum absolute atomic E-state index is 0. The van der Waals surface area contributed by atoms with Crippen molar-refractivity contribution in [3.05, 3.63) is 144 Å². The number of rotatable bonds is 2. The molecule has 4 heteroatoms. The van der Waals surface area contributed by atoms with Crippen LogP contribution in [0.15, 0.2) is 109 Å². The largest absolute Gasteiger partial charge is 0.476 e. The number of ether oxygens (including phenoxy) is 1. The van der Waals surface area contributed by atoms with E-state index in [1.54, 1.807) is 12.1 Å². The fourth-order valence-electron chi connectivity index (χ4n) is 4.60. The molecule has 42 heavy (non-hydrogen) atoms. The molecule has 0 aliphatic carbocycles. The zero-order valence-electron chi connectivity index (χ0n) is 34.0. The zero-order valence-corrected chi connectivity index (χ0v) is 24.4. The Balaban J connectivity index is 0.000000208. The molecular formula is C38H30IrN2O-2. The van der Waals surface area contributed by atoms with E-state index in [1.165, 1.54) is 30.5 Å². The summed E-state index contributed by atoms with van der Waals surface area (Å²) in [4.78, 5) is 8.43. The summed E-state index contributed by atoms with van der Waals surface area (Å²) in [5, 5.41) is 0. The van der Waals surface area contributed by atoms with E-state index < -0.39 is 27.4 Å². The Morgan fingerprint density at radius 2 is 1.40 bits per heavy atom. The van der Waals surface area contributed by atoms with Crippen molar-refractivity contribution in [1.82, 2.24) is 9.97 Å². The number of aromatic nitrogens is 2. The molecule has 1 aliphatic heterocycles. The SMILES string of the molecule is [2H]C([2H])([2H])c1c[c-]c(-c2cc(C([2H])([2H])[2H])c(C([2H])([2H])[2H])cn2)cc1.[2H]C([2H])([2H])c1ccc(-c2[c-]ccc3c2-c2ccccc2-c2ccccc2O3)nc1.[Ir]. The number of para-hydroxylation sites is 1. The van der Waals surface area contributed by atoms with Gasteiger partial charge in [-0.3, -0.25) is 0 Å². The van der Waals surface area contributed by atoms with E-state index in [0.29, 0.717) is 11.3 Å². The van der Waals surface area contributed by atoms with Crippen LogP contribution in [0.3, 0.4) is 0 Å². The van der Waals surface area contributed by atoms with Gasteiger partial charge in [-0.2, -0.15) is 0 Å². The molecule has 2 aromatic heterocycles. The summed E-state index contributed by atoms with van der Waals surface area (Å²) in [6.07, 6.45) is 2.43. The molecule has 0 atom stereocenters. The van der Waals surface area contributed by atoms with Gasteiger partial charge in [0.25, 0.3) is 0 Å². The van der Waals surface area contributed by atoms with Crippen LogP contribution >= 0.6 is 0 Å². The molecule has 4 aromatic carbocycles. The zero-order chi connectivity index (χ0) is 38.3. The number of benzene rings is 4. The second-order valence-corrected chi connectivity index (χ2v) is 9.27. The first-order valence-corrected chi connectivity index (χ1v) is 12.7. The van der Waals surface area contributed by atoms with Crippen LogP contribution in [0.4, 0.5) is 0 Å². The molecule has 0 unspecified atom stereocenters. The Kier molecular flexibility index (Phi) is 5.29. The van der Waals surface area contributed by atoms with Crippen molar-refractivity contribution < 1.29 is 41.3 Å². The van der Waals surface area contributed by atoms with E-state index in [-0.39, 0.29) is 48.1 Å². The quantitative estimate of drug-likeness (QED) is 0.166. The van der Waals surface area contributed by atoms with Gasteiger partial charge in [-0.05, 0) is 60.3 Å². The van der Waals surface area contributed by atoms with Gasteiger partial charge < -0.3 is 14.7 Å². The molecule has 0 N–H and O–H groups in total. The Morgan fingerprint density at radius 3 is 2.14 bits per heavy atom. The Hall–Kier alpha value is -4.37. The van der Waals surface area contributed by atoms with Crippen molar-refractivity contribution in [2.24, 2.45) is 0 Å². The van der Waals surface area contributed by atoms with Crippen LogP contribution in [0.25, 0.3) is 44.8 Å². The minimum atomic E-state index is -2.61. The van der Waals surface area contributed by atoms with E-state index in [2.05, 4.69) is 34.2 Å². The molecule has 0 saturated heterocycles. The van der Waals surface area contributed by atoms with E-state index in [0.717, 1.165) is 45.5 Å². The van der Waals surface area contributed by atoms with E-state index in [1.807, 2.05) is 48.5 Å². The van der Waals surface area contributed by atoms with Crippen molar-refractivity contribution in [1.29, 1.82) is 0 Å². The first kappa shape index (κ1) is 17.6. The third-order valence-electron chi connectivity index (χ3n) is 6.56. The third kappa shape index (κ3) is 5.97. The number of aryl methyl sites for hydroxylation is 4. The fourth-order valence-corrected chi connectivity index (χ4v) is 4.60. The second kappa shape index (κ2) is 12.6. The summed E-state index contributed by atoms with van der Waals surface area (Å²) >= 11 is 0. The average Bonchev–Trinajstić information content (AvgIpc) is 3.25. The normalized spacial score (nSPS) is 16.3. The summed E-state index contributed by atoms with van der Waals surface area (Å²) < 4.78 is 95.9. The summed E-state index contributed by atoms with van der Waals surface area (Å²) in [6.45, 7) is -9.65. The third-order valence-corrected chi connectivity index (χ3v) is 6.56. The van der Waals surface area contributed by atoms with Gasteiger partial charge in [-0.25, -0.2) is 0 Å². The summed E-state index contributed by atoms with van der Waals surface area (Å²) in [5.74, 6) is 1.51. The van der Waals surface area contributed by atoms with Crippen LogP contribution in [0.5, 0.6) is 11.5 Å². The van der Waals surface area contributed by atoms with Crippen LogP contribution in [-0.2, 0) is 20.1 Å². The predicted molar refractivity (Wildman–Crippen MR) is 167 cm³/mol. The van der Waals surface area contributed by atoms with Gasteiger partial charge in [-0.15, -0.1) is 53.1 Å². The molecule has 0 spiro atoms. The maximum atomic E-state index is 7.56. The smallest absolute Gasteiger partial charge is 0.132 e. The van der Waals surface area contributed by atoms with E-state index in [4.69, 9.17) is 21.2 Å². The molecule has 0 bridgehead atoms. The maximum absolute atomic E-state index is 7.56. The van der Waals surface area contributed by atoms with Crippen LogP contribution in [-0.4, -0.2) is 9.97 Å². The first-order chi connectivity index (χ1) is 24.8. The van der Waals surface area contributed by atoms with E-state index in [9.17, 15) is 0 Å². The maximum Gasteiger partial charge on any atom is 0.132 e. The average molecular weight is 735 g/mol. The molecule has 1 radical (unpaired) electrons. The van der Waals surface area contributed by atoms with Gasteiger partial charge in [0.1, 0.15) is 5.75 Å². The summed E-state index contributed by atoms with van der Waals surface area (Å²) in [7, 11) is 0. The van der Waals surface area contributed by atoms with Crippen LogP contribution in [0.2, 0.25) is 0 Å². The monoisotopic (exact) mass is 735 g/mol. The number of hydrogen-bond donors (Lipinski definition) is 0. The van der Waals surface area contributed by atoms with Crippen molar-refractivity contribution in [3.8, 4) is 56.3 Å². The minimum Gasteiger partial charge on any atom is -0.476 e. The molecule has 0 saturated carbocycles. The van der Waals surface area contributed by atoms with Crippen LogP contribution < -0.4 is 4.74 Å². The molecular weight excluding hydrogens is 693 g/mol. The molecule has 3 nitrogen and oxygen atoms in total. The Bertz CT molecular complexity index is 2260. The topological polar surface area (TPSA) is 35.0 Å². The van der Waals surface area contributed by atoms with Crippen molar-refractivity contribution >= 4 is 0 Å². The molecule has 3 heterocycles. The first-order valence-electron chi connectivity index (χ1n) is 18.7. The molecule has 0 fully saturated rings. The number of fused-ring (bicyclic) bond motifs is 5.